The van der Waals surface area contributed by atoms with E-state index in [0.717, 1.165) is 42.4 Å². The van der Waals surface area contributed by atoms with Crippen LogP contribution in [0, 0.1) is 52.3 Å². The van der Waals surface area contributed by atoms with Gasteiger partial charge in [0.15, 0.2) is 0 Å². The molecule has 184 valence electrons. The van der Waals surface area contributed by atoms with Crippen LogP contribution >= 0.6 is 0 Å². The van der Waals surface area contributed by atoms with E-state index in [1.54, 1.807) is 0 Å². The molecule has 3 heteroatoms. The summed E-state index contributed by atoms with van der Waals surface area (Å²) in [5.41, 5.74) is 0.389. The van der Waals surface area contributed by atoms with E-state index in [0.29, 0.717) is 17.3 Å². The van der Waals surface area contributed by atoms with E-state index < -0.39 is 6.10 Å². The standard InChI is InChI=1S/C29H50O3/c1-18(2)8-7-9-19(3)23-13-14-24-22-12-10-21-11-15-26(32-20(4)30)27(31)29(21,6)25(22)16-17-28(23,24)5/h18-19,21-27,31H,7-17H2,1-6H3. The molecular formula is C29H50O3. The number of esters is 1. The van der Waals surface area contributed by atoms with Gasteiger partial charge in [-0.2, -0.15) is 0 Å². The predicted octanol–water partition coefficient (Wildman–Crippen LogP) is 7.01. The first-order valence-electron chi connectivity index (χ1n) is 13.9. The SMILES string of the molecule is CC(=O)OC1CCC2CCC3C4CCC(C(C)CCCC(C)C)C4(C)CCC3C2(C)C1O. The maximum Gasteiger partial charge on any atom is 0.302 e. The number of carbonyl (C=O) groups is 1. The summed E-state index contributed by atoms with van der Waals surface area (Å²) < 4.78 is 5.62. The van der Waals surface area contributed by atoms with Gasteiger partial charge >= 0.3 is 5.97 Å². The third kappa shape index (κ3) is 4.07. The second kappa shape index (κ2) is 9.23. The number of aliphatic hydroxyl groups excluding tert-OH is 1. The topological polar surface area (TPSA) is 46.5 Å². The molecule has 32 heavy (non-hydrogen) atoms. The van der Waals surface area contributed by atoms with E-state index in [4.69, 9.17) is 4.74 Å². The lowest BCUT2D eigenvalue weighted by Gasteiger charge is -2.62. The number of rotatable bonds is 6. The molecule has 0 aliphatic heterocycles. The zero-order valence-corrected chi connectivity index (χ0v) is 21.7. The van der Waals surface area contributed by atoms with Crippen molar-refractivity contribution in [2.45, 2.75) is 124 Å². The first-order valence-corrected chi connectivity index (χ1v) is 13.9. The van der Waals surface area contributed by atoms with Crippen molar-refractivity contribution in [3.05, 3.63) is 0 Å². The van der Waals surface area contributed by atoms with Crippen molar-refractivity contribution in [3.63, 3.8) is 0 Å². The summed E-state index contributed by atoms with van der Waals surface area (Å²) in [6.45, 7) is 13.7. The minimum Gasteiger partial charge on any atom is -0.460 e. The largest absolute Gasteiger partial charge is 0.460 e. The van der Waals surface area contributed by atoms with Crippen LogP contribution < -0.4 is 0 Å². The summed E-state index contributed by atoms with van der Waals surface area (Å²) in [4.78, 5) is 11.7. The lowest BCUT2D eigenvalue weighted by Crippen LogP contribution is -2.61. The van der Waals surface area contributed by atoms with Crippen molar-refractivity contribution in [2.75, 3.05) is 0 Å². The van der Waals surface area contributed by atoms with Crippen molar-refractivity contribution >= 4 is 5.97 Å². The van der Waals surface area contributed by atoms with E-state index in [9.17, 15) is 9.90 Å². The summed E-state index contributed by atoms with van der Waals surface area (Å²) in [5.74, 6) is 5.01. The molecule has 10 unspecified atom stereocenters. The second-order valence-electron chi connectivity index (χ2n) is 13.2. The van der Waals surface area contributed by atoms with Crippen LogP contribution in [0.15, 0.2) is 0 Å². The van der Waals surface area contributed by atoms with Crippen LogP contribution in [0.25, 0.3) is 0 Å². The fourth-order valence-electron chi connectivity index (χ4n) is 9.67. The molecular weight excluding hydrogens is 396 g/mol. The Balaban J connectivity index is 1.50. The van der Waals surface area contributed by atoms with Gasteiger partial charge in [-0.05, 0) is 98.2 Å². The van der Waals surface area contributed by atoms with Gasteiger partial charge in [0.1, 0.15) is 6.10 Å². The minimum absolute atomic E-state index is 0.0937. The van der Waals surface area contributed by atoms with E-state index in [1.165, 1.54) is 64.7 Å². The summed E-state index contributed by atoms with van der Waals surface area (Å²) in [6, 6.07) is 0. The van der Waals surface area contributed by atoms with Crippen molar-refractivity contribution in [3.8, 4) is 0 Å². The summed E-state index contributed by atoms with van der Waals surface area (Å²) in [5, 5.41) is 11.5. The predicted molar refractivity (Wildman–Crippen MR) is 130 cm³/mol. The highest BCUT2D eigenvalue weighted by molar-refractivity contribution is 5.66. The number of fused-ring (bicyclic) bond motifs is 5. The normalized spacial score (nSPS) is 46.8. The van der Waals surface area contributed by atoms with Crippen LogP contribution in [0.3, 0.4) is 0 Å². The average Bonchev–Trinajstić information content (AvgIpc) is 3.07. The molecule has 4 aliphatic carbocycles. The Morgan fingerprint density at radius 2 is 1.69 bits per heavy atom. The zero-order chi connectivity index (χ0) is 23.3. The fraction of sp³-hybridized carbons (Fsp3) is 0.966. The Morgan fingerprint density at radius 3 is 2.38 bits per heavy atom. The third-order valence-electron chi connectivity index (χ3n) is 11.3. The van der Waals surface area contributed by atoms with Gasteiger partial charge in [0.2, 0.25) is 0 Å². The van der Waals surface area contributed by atoms with Crippen molar-refractivity contribution < 1.29 is 14.6 Å². The Kier molecular flexibility index (Phi) is 7.08. The molecule has 10 atom stereocenters. The first kappa shape index (κ1) is 24.6. The summed E-state index contributed by atoms with van der Waals surface area (Å²) in [6.07, 6.45) is 13.2. The third-order valence-corrected chi connectivity index (χ3v) is 11.3. The number of carbonyl (C=O) groups excluding carboxylic acids is 1. The number of ether oxygens (including phenoxy) is 1. The smallest absolute Gasteiger partial charge is 0.302 e. The van der Waals surface area contributed by atoms with Crippen LogP contribution in [-0.4, -0.2) is 23.3 Å². The van der Waals surface area contributed by atoms with Gasteiger partial charge in [-0.1, -0.05) is 53.9 Å². The monoisotopic (exact) mass is 446 g/mol. The Morgan fingerprint density at radius 1 is 0.969 bits per heavy atom. The van der Waals surface area contributed by atoms with E-state index in [2.05, 4.69) is 34.6 Å². The highest BCUT2D eigenvalue weighted by Crippen LogP contribution is 2.68. The molecule has 1 N–H and O–H groups in total. The lowest BCUT2D eigenvalue weighted by molar-refractivity contribution is -0.207. The van der Waals surface area contributed by atoms with Gasteiger partial charge in [0.05, 0.1) is 6.10 Å². The van der Waals surface area contributed by atoms with Gasteiger partial charge in [0.25, 0.3) is 0 Å². The summed E-state index contributed by atoms with van der Waals surface area (Å²) in [7, 11) is 0. The molecule has 0 radical (unpaired) electrons. The highest BCUT2D eigenvalue weighted by Gasteiger charge is 2.63. The van der Waals surface area contributed by atoms with Gasteiger partial charge < -0.3 is 9.84 Å². The zero-order valence-electron chi connectivity index (χ0n) is 21.7. The molecule has 0 aromatic carbocycles. The second-order valence-corrected chi connectivity index (χ2v) is 13.2. The van der Waals surface area contributed by atoms with Gasteiger partial charge in [-0.15, -0.1) is 0 Å². The van der Waals surface area contributed by atoms with Crippen LogP contribution in [0.1, 0.15) is 112 Å². The number of aliphatic hydroxyl groups is 1. The van der Waals surface area contributed by atoms with E-state index in [1.807, 2.05) is 0 Å². The minimum atomic E-state index is -0.505. The Bertz CT molecular complexity index is 673. The van der Waals surface area contributed by atoms with Crippen LogP contribution in [-0.2, 0) is 9.53 Å². The van der Waals surface area contributed by atoms with Crippen molar-refractivity contribution in [2.24, 2.45) is 52.3 Å². The molecule has 0 heterocycles. The van der Waals surface area contributed by atoms with Crippen LogP contribution in [0.2, 0.25) is 0 Å². The van der Waals surface area contributed by atoms with E-state index in [-0.39, 0.29) is 17.5 Å². The molecule has 0 aromatic rings. The van der Waals surface area contributed by atoms with Crippen molar-refractivity contribution in [1.82, 2.24) is 0 Å². The molecule has 4 aliphatic rings. The van der Waals surface area contributed by atoms with Crippen LogP contribution in [0.5, 0.6) is 0 Å². The molecule has 4 saturated carbocycles. The molecule has 0 bridgehead atoms. The first-order chi connectivity index (χ1) is 15.1. The summed E-state index contributed by atoms with van der Waals surface area (Å²) >= 11 is 0. The maximum absolute atomic E-state index is 11.7. The molecule has 4 rings (SSSR count). The molecule has 4 fully saturated rings. The van der Waals surface area contributed by atoms with E-state index >= 15 is 0 Å². The van der Waals surface area contributed by atoms with Crippen molar-refractivity contribution in [1.29, 1.82) is 0 Å². The molecule has 3 nitrogen and oxygen atoms in total. The molecule has 0 aromatic heterocycles. The average molecular weight is 447 g/mol. The van der Waals surface area contributed by atoms with Gasteiger partial charge in [0, 0.05) is 12.3 Å². The van der Waals surface area contributed by atoms with Gasteiger partial charge in [-0.3, -0.25) is 4.79 Å². The quantitative estimate of drug-likeness (QED) is 0.446. The Labute approximate surface area is 197 Å². The Hall–Kier alpha value is -0.570. The lowest BCUT2D eigenvalue weighted by atomic mass is 9.43. The maximum atomic E-state index is 11.7. The highest BCUT2D eigenvalue weighted by atomic mass is 16.6. The number of hydrogen-bond acceptors (Lipinski definition) is 3. The van der Waals surface area contributed by atoms with Gasteiger partial charge in [-0.25, -0.2) is 0 Å². The number of hydrogen-bond donors (Lipinski definition) is 1. The molecule has 0 saturated heterocycles. The molecule has 0 amide bonds. The fourth-order valence-corrected chi connectivity index (χ4v) is 9.67. The molecule has 0 spiro atoms. The van der Waals surface area contributed by atoms with Crippen LogP contribution in [0.4, 0.5) is 0 Å².